The van der Waals surface area contributed by atoms with Crippen LogP contribution >= 0.6 is 0 Å². The van der Waals surface area contributed by atoms with Crippen molar-refractivity contribution >= 4 is 5.97 Å². The molecule has 0 aromatic rings. The predicted molar refractivity (Wildman–Crippen MR) is 90.4 cm³/mol. The van der Waals surface area contributed by atoms with E-state index >= 15 is 0 Å². The van der Waals surface area contributed by atoms with Gasteiger partial charge in [0.15, 0.2) is 6.29 Å². The van der Waals surface area contributed by atoms with E-state index in [4.69, 9.17) is 14.2 Å². The molecule has 142 valence electrons. The number of hydrogen-bond acceptors (Lipinski definition) is 6. The van der Waals surface area contributed by atoms with Gasteiger partial charge in [-0.25, -0.2) is 0 Å². The van der Waals surface area contributed by atoms with Gasteiger partial charge < -0.3 is 24.4 Å². The molecule has 0 aromatic heterocycles. The van der Waals surface area contributed by atoms with Crippen LogP contribution in [0.15, 0.2) is 0 Å². The Kier molecular flexibility index (Phi) is 8.12. The molecule has 1 saturated heterocycles. The lowest BCUT2D eigenvalue weighted by atomic mass is 10.0. The molecule has 1 aliphatic heterocycles. The van der Waals surface area contributed by atoms with Crippen molar-refractivity contribution in [2.24, 2.45) is 5.92 Å². The van der Waals surface area contributed by atoms with Gasteiger partial charge in [-0.2, -0.15) is 0 Å². The SMILES string of the molecule is CC(CCC[C@@H](C)OC1O[C@@H](C)C(O)C[C@H]1O)C(=O)OC(C)(C)C. The van der Waals surface area contributed by atoms with Crippen LogP contribution in [-0.4, -0.2) is 52.5 Å². The van der Waals surface area contributed by atoms with Crippen LogP contribution in [-0.2, 0) is 19.0 Å². The van der Waals surface area contributed by atoms with E-state index in [9.17, 15) is 15.0 Å². The van der Waals surface area contributed by atoms with Gasteiger partial charge in [-0.1, -0.05) is 13.3 Å². The quantitative estimate of drug-likeness (QED) is 0.689. The Morgan fingerprint density at radius 1 is 1.21 bits per heavy atom. The number of carbonyl (C=O) groups excluding carboxylic acids is 1. The molecule has 1 rings (SSSR count). The van der Waals surface area contributed by atoms with Crippen molar-refractivity contribution in [3.63, 3.8) is 0 Å². The second kappa shape index (κ2) is 9.13. The number of aliphatic hydroxyl groups excluding tert-OH is 2. The van der Waals surface area contributed by atoms with Crippen molar-refractivity contribution in [3.8, 4) is 0 Å². The second-order valence-corrected chi connectivity index (χ2v) is 7.89. The van der Waals surface area contributed by atoms with E-state index in [2.05, 4.69) is 0 Å². The van der Waals surface area contributed by atoms with Crippen molar-refractivity contribution in [1.29, 1.82) is 0 Å². The van der Waals surface area contributed by atoms with Gasteiger partial charge in [0.2, 0.25) is 0 Å². The van der Waals surface area contributed by atoms with Crippen LogP contribution in [0.25, 0.3) is 0 Å². The maximum atomic E-state index is 11.9. The van der Waals surface area contributed by atoms with Crippen molar-refractivity contribution in [2.75, 3.05) is 0 Å². The normalized spacial score (nSPS) is 30.7. The van der Waals surface area contributed by atoms with Gasteiger partial charge in [0.25, 0.3) is 0 Å². The summed E-state index contributed by atoms with van der Waals surface area (Å²) in [5.74, 6) is -0.326. The molecule has 6 atom stereocenters. The maximum Gasteiger partial charge on any atom is 0.309 e. The average Bonchev–Trinajstić information content (AvgIpc) is 2.42. The minimum absolute atomic E-state index is 0.0991. The van der Waals surface area contributed by atoms with Gasteiger partial charge in [0.05, 0.1) is 24.2 Å². The average molecular weight is 346 g/mol. The van der Waals surface area contributed by atoms with Crippen molar-refractivity contribution in [1.82, 2.24) is 0 Å². The monoisotopic (exact) mass is 346 g/mol. The highest BCUT2D eigenvalue weighted by Gasteiger charge is 2.35. The lowest BCUT2D eigenvalue weighted by Gasteiger charge is -2.36. The van der Waals surface area contributed by atoms with Crippen LogP contribution in [0.5, 0.6) is 0 Å². The summed E-state index contributed by atoms with van der Waals surface area (Å²) in [7, 11) is 0. The predicted octanol–water partition coefficient (Wildman–Crippen LogP) is 2.40. The largest absolute Gasteiger partial charge is 0.460 e. The van der Waals surface area contributed by atoms with Crippen molar-refractivity contribution in [3.05, 3.63) is 0 Å². The fourth-order valence-electron chi connectivity index (χ4n) is 2.59. The van der Waals surface area contributed by atoms with Gasteiger partial charge >= 0.3 is 5.97 Å². The third-order valence-corrected chi connectivity index (χ3v) is 4.11. The van der Waals surface area contributed by atoms with E-state index in [1.165, 1.54) is 0 Å². The van der Waals surface area contributed by atoms with Crippen LogP contribution in [0.4, 0.5) is 0 Å². The summed E-state index contributed by atoms with van der Waals surface area (Å²) >= 11 is 0. The smallest absolute Gasteiger partial charge is 0.309 e. The summed E-state index contributed by atoms with van der Waals surface area (Å²) in [5.41, 5.74) is -0.461. The Balaban J connectivity index is 2.28. The second-order valence-electron chi connectivity index (χ2n) is 7.89. The van der Waals surface area contributed by atoms with Crippen LogP contribution in [0.2, 0.25) is 0 Å². The summed E-state index contributed by atoms with van der Waals surface area (Å²) < 4.78 is 16.6. The third kappa shape index (κ3) is 7.47. The molecule has 3 unspecified atom stereocenters. The molecule has 2 N–H and O–H groups in total. The fraction of sp³-hybridized carbons (Fsp3) is 0.944. The van der Waals surface area contributed by atoms with Gasteiger partial charge in [-0.15, -0.1) is 0 Å². The van der Waals surface area contributed by atoms with Crippen LogP contribution in [0.1, 0.15) is 67.2 Å². The van der Waals surface area contributed by atoms with Crippen LogP contribution < -0.4 is 0 Å². The molecule has 0 aliphatic carbocycles. The first-order valence-electron chi connectivity index (χ1n) is 8.89. The molecule has 0 amide bonds. The highest BCUT2D eigenvalue weighted by molar-refractivity contribution is 5.72. The highest BCUT2D eigenvalue weighted by atomic mass is 16.7. The van der Waals surface area contributed by atoms with Gasteiger partial charge in [-0.05, 0) is 47.5 Å². The van der Waals surface area contributed by atoms with E-state index < -0.39 is 24.1 Å². The first-order valence-corrected chi connectivity index (χ1v) is 8.89. The number of carbonyl (C=O) groups is 1. The molecule has 24 heavy (non-hydrogen) atoms. The minimum Gasteiger partial charge on any atom is -0.460 e. The van der Waals surface area contributed by atoms with Crippen molar-refractivity contribution in [2.45, 2.75) is 104 Å². The molecule has 0 radical (unpaired) electrons. The van der Waals surface area contributed by atoms with E-state index in [1.807, 2.05) is 34.6 Å². The van der Waals surface area contributed by atoms with E-state index in [-0.39, 0.29) is 30.5 Å². The van der Waals surface area contributed by atoms with Crippen LogP contribution in [0.3, 0.4) is 0 Å². The Morgan fingerprint density at radius 2 is 1.83 bits per heavy atom. The topological polar surface area (TPSA) is 85.2 Å². The van der Waals surface area contributed by atoms with E-state index in [0.717, 1.165) is 19.3 Å². The Morgan fingerprint density at radius 3 is 2.42 bits per heavy atom. The number of hydrogen-bond donors (Lipinski definition) is 2. The van der Waals surface area contributed by atoms with E-state index in [1.54, 1.807) is 6.92 Å². The summed E-state index contributed by atoms with van der Waals surface area (Å²) in [6.45, 7) is 11.1. The molecular formula is C18H34O6. The molecule has 1 aliphatic rings. The fourth-order valence-corrected chi connectivity index (χ4v) is 2.59. The molecule has 0 saturated carbocycles. The zero-order valence-electron chi connectivity index (χ0n) is 15.8. The molecular weight excluding hydrogens is 312 g/mol. The zero-order valence-corrected chi connectivity index (χ0v) is 15.8. The number of ether oxygens (including phenoxy) is 3. The minimum atomic E-state index is -0.820. The standard InChI is InChI=1S/C18H34O6/c1-11(16(21)24-18(4,5)6)8-7-9-12(2)22-17-15(20)10-14(19)13(3)23-17/h11-15,17,19-20H,7-10H2,1-6H3/t11?,12-,13+,14?,15-,17?/m1/s1. The first-order chi connectivity index (χ1) is 11.0. The number of rotatable bonds is 7. The molecule has 1 heterocycles. The first kappa shape index (κ1) is 21.4. The molecule has 6 heteroatoms. The van der Waals surface area contributed by atoms with Gasteiger partial charge in [0.1, 0.15) is 11.7 Å². The lowest BCUT2D eigenvalue weighted by molar-refractivity contribution is -0.273. The summed E-state index contributed by atoms with van der Waals surface area (Å²) in [6.07, 6.45) is -0.0687. The van der Waals surface area contributed by atoms with Crippen LogP contribution in [0, 0.1) is 5.92 Å². The van der Waals surface area contributed by atoms with Crippen molar-refractivity contribution < 1.29 is 29.2 Å². The third-order valence-electron chi connectivity index (χ3n) is 4.11. The molecule has 0 aromatic carbocycles. The molecule has 6 nitrogen and oxygen atoms in total. The summed E-state index contributed by atoms with van der Waals surface area (Å²) in [5, 5.41) is 19.6. The Hall–Kier alpha value is -0.690. The van der Waals surface area contributed by atoms with Gasteiger partial charge in [-0.3, -0.25) is 4.79 Å². The highest BCUT2D eigenvalue weighted by Crippen LogP contribution is 2.23. The lowest BCUT2D eigenvalue weighted by Crippen LogP contribution is -2.48. The zero-order chi connectivity index (χ0) is 18.5. The molecule has 0 spiro atoms. The number of esters is 1. The van der Waals surface area contributed by atoms with E-state index in [0.29, 0.717) is 0 Å². The summed E-state index contributed by atoms with van der Waals surface area (Å²) in [6, 6.07) is 0. The Bertz CT molecular complexity index is 391. The molecule has 0 bridgehead atoms. The maximum absolute atomic E-state index is 11.9. The molecule has 1 fully saturated rings. The number of aliphatic hydroxyl groups is 2. The van der Waals surface area contributed by atoms with Gasteiger partial charge in [0, 0.05) is 6.42 Å². The Labute approximate surface area is 145 Å². The summed E-state index contributed by atoms with van der Waals surface area (Å²) in [4.78, 5) is 11.9.